The number of halogens is 1. The maximum atomic E-state index is 13.3. The van der Waals surface area contributed by atoms with Crippen LogP contribution in [0.3, 0.4) is 0 Å². The molecule has 0 spiro atoms. The van der Waals surface area contributed by atoms with Gasteiger partial charge in [-0.15, -0.1) is 0 Å². The summed E-state index contributed by atoms with van der Waals surface area (Å²) < 4.78 is 28.0. The fourth-order valence-electron chi connectivity index (χ4n) is 3.73. The number of nitrogens with one attached hydrogen (secondary N) is 1. The van der Waals surface area contributed by atoms with Crippen LogP contribution in [0, 0.1) is 0 Å². The zero-order chi connectivity index (χ0) is 18.3. The van der Waals surface area contributed by atoms with E-state index in [1.165, 1.54) is 10.4 Å². The molecule has 26 heavy (non-hydrogen) atoms. The summed E-state index contributed by atoms with van der Waals surface area (Å²) in [5.74, 6) is 0. The summed E-state index contributed by atoms with van der Waals surface area (Å²) in [5.41, 5.74) is 1.48. The molecule has 3 heterocycles. The molecule has 0 amide bonds. The van der Waals surface area contributed by atoms with E-state index in [1.807, 2.05) is 6.07 Å². The SMILES string of the molecule is C[C@@H]1CN(C2CN(S(=O)(=O)c3cccc(Cl)c3)c3cccnc32)CCN1. The standard InChI is InChI=1S/C18H21ClN4O2S/c1-13-11-22(9-8-20-13)17-12-23(16-6-3-7-21-18(16)17)26(24,25)15-5-2-4-14(19)10-15/h2-7,10,13,17,20H,8-9,11-12H2,1H3/t13-,17?/m1/s1. The Morgan fingerprint density at radius 1 is 1.23 bits per heavy atom. The van der Waals surface area contributed by atoms with Crippen molar-refractivity contribution >= 4 is 27.3 Å². The van der Waals surface area contributed by atoms with Crippen LogP contribution in [0.1, 0.15) is 18.7 Å². The Balaban J connectivity index is 1.72. The van der Waals surface area contributed by atoms with Gasteiger partial charge in [0.1, 0.15) is 0 Å². The third-order valence-corrected chi connectivity index (χ3v) is 6.98. The fourth-order valence-corrected chi connectivity index (χ4v) is 5.52. The van der Waals surface area contributed by atoms with Gasteiger partial charge in [-0.2, -0.15) is 0 Å². The van der Waals surface area contributed by atoms with Gasteiger partial charge >= 0.3 is 0 Å². The predicted molar refractivity (Wildman–Crippen MR) is 102 cm³/mol. The molecule has 2 aliphatic heterocycles. The van der Waals surface area contributed by atoms with Crippen LogP contribution in [0.2, 0.25) is 5.02 Å². The Morgan fingerprint density at radius 3 is 2.85 bits per heavy atom. The van der Waals surface area contributed by atoms with E-state index in [4.69, 9.17) is 11.6 Å². The molecule has 0 radical (unpaired) electrons. The molecular weight excluding hydrogens is 372 g/mol. The van der Waals surface area contributed by atoms with E-state index in [0.717, 1.165) is 25.3 Å². The van der Waals surface area contributed by atoms with Gasteiger partial charge in [0.05, 0.1) is 28.9 Å². The quantitative estimate of drug-likeness (QED) is 0.868. The van der Waals surface area contributed by atoms with Crippen LogP contribution in [-0.2, 0) is 10.0 Å². The van der Waals surface area contributed by atoms with Crippen LogP contribution >= 0.6 is 11.6 Å². The summed E-state index contributed by atoms with van der Waals surface area (Å²) in [6.45, 7) is 5.14. The lowest BCUT2D eigenvalue weighted by Gasteiger charge is -2.36. The minimum Gasteiger partial charge on any atom is -0.312 e. The first-order valence-electron chi connectivity index (χ1n) is 8.67. The van der Waals surface area contributed by atoms with Crippen LogP contribution in [0.4, 0.5) is 5.69 Å². The van der Waals surface area contributed by atoms with Crippen molar-refractivity contribution in [2.45, 2.75) is 23.9 Å². The molecule has 138 valence electrons. The van der Waals surface area contributed by atoms with Gasteiger partial charge < -0.3 is 5.32 Å². The van der Waals surface area contributed by atoms with Gasteiger partial charge in [-0.1, -0.05) is 17.7 Å². The van der Waals surface area contributed by atoms with E-state index in [1.54, 1.807) is 30.5 Å². The molecule has 1 N–H and O–H groups in total. The normalized spacial score (nSPS) is 23.8. The van der Waals surface area contributed by atoms with Gasteiger partial charge in [0.15, 0.2) is 0 Å². The molecule has 6 nitrogen and oxygen atoms in total. The second-order valence-corrected chi connectivity index (χ2v) is 9.07. The minimum absolute atomic E-state index is 0.0373. The van der Waals surface area contributed by atoms with E-state index in [-0.39, 0.29) is 10.9 Å². The monoisotopic (exact) mass is 392 g/mol. The van der Waals surface area contributed by atoms with Gasteiger partial charge in [-0.25, -0.2) is 8.42 Å². The average Bonchev–Trinajstić information content (AvgIpc) is 3.02. The topological polar surface area (TPSA) is 65.5 Å². The number of rotatable bonds is 3. The van der Waals surface area contributed by atoms with Gasteiger partial charge in [-0.05, 0) is 37.3 Å². The first-order chi connectivity index (χ1) is 12.5. The molecular formula is C18H21ClN4O2S. The van der Waals surface area contributed by atoms with Crippen molar-refractivity contribution in [3.05, 3.63) is 53.3 Å². The Kier molecular flexibility index (Phi) is 4.64. The highest BCUT2D eigenvalue weighted by atomic mass is 35.5. The zero-order valence-corrected chi connectivity index (χ0v) is 16.0. The van der Waals surface area contributed by atoms with Crippen molar-refractivity contribution in [1.82, 2.24) is 15.2 Å². The largest absolute Gasteiger partial charge is 0.312 e. The number of hydrogen-bond donors (Lipinski definition) is 1. The summed E-state index contributed by atoms with van der Waals surface area (Å²) in [4.78, 5) is 7.04. The van der Waals surface area contributed by atoms with Crippen molar-refractivity contribution in [1.29, 1.82) is 0 Å². The van der Waals surface area contributed by atoms with E-state index in [9.17, 15) is 8.42 Å². The molecule has 1 fully saturated rings. The third kappa shape index (κ3) is 3.09. The molecule has 4 rings (SSSR count). The molecule has 1 aromatic heterocycles. The Bertz CT molecular complexity index is 921. The highest BCUT2D eigenvalue weighted by Crippen LogP contribution is 2.40. The molecule has 2 aliphatic rings. The second-order valence-electron chi connectivity index (χ2n) is 6.77. The van der Waals surface area contributed by atoms with Crippen LogP contribution in [0.5, 0.6) is 0 Å². The highest BCUT2D eigenvalue weighted by Gasteiger charge is 2.40. The number of nitrogens with zero attached hydrogens (tertiary/aromatic N) is 3. The van der Waals surface area contributed by atoms with Gasteiger partial charge in [0, 0.05) is 36.9 Å². The maximum absolute atomic E-state index is 13.3. The van der Waals surface area contributed by atoms with Crippen LogP contribution < -0.4 is 9.62 Å². The lowest BCUT2D eigenvalue weighted by molar-refractivity contribution is 0.155. The average molecular weight is 393 g/mol. The van der Waals surface area contributed by atoms with Crippen molar-refractivity contribution in [3.8, 4) is 0 Å². The lowest BCUT2D eigenvalue weighted by atomic mass is 10.1. The first kappa shape index (κ1) is 17.7. The Morgan fingerprint density at radius 2 is 2.08 bits per heavy atom. The molecule has 1 aromatic carbocycles. The van der Waals surface area contributed by atoms with E-state index >= 15 is 0 Å². The molecule has 0 aliphatic carbocycles. The van der Waals surface area contributed by atoms with E-state index in [2.05, 4.69) is 22.1 Å². The minimum atomic E-state index is -3.69. The Hall–Kier alpha value is -1.67. The smallest absolute Gasteiger partial charge is 0.264 e. The summed E-state index contributed by atoms with van der Waals surface area (Å²) in [7, 11) is -3.69. The number of hydrogen-bond acceptors (Lipinski definition) is 5. The highest BCUT2D eigenvalue weighted by molar-refractivity contribution is 7.92. The van der Waals surface area contributed by atoms with Gasteiger partial charge in [0.25, 0.3) is 10.0 Å². The van der Waals surface area contributed by atoms with Gasteiger partial charge in [0.2, 0.25) is 0 Å². The number of piperazine rings is 1. The number of aromatic nitrogens is 1. The van der Waals surface area contributed by atoms with E-state index in [0.29, 0.717) is 23.3 Å². The number of sulfonamides is 1. The summed E-state index contributed by atoms with van der Waals surface area (Å²) in [5, 5.41) is 3.83. The molecule has 0 saturated carbocycles. The molecule has 8 heteroatoms. The zero-order valence-electron chi connectivity index (χ0n) is 14.5. The summed E-state index contributed by atoms with van der Waals surface area (Å²) in [6, 6.07) is 10.3. The Labute approximate surface area is 158 Å². The van der Waals surface area contributed by atoms with Crippen LogP contribution in [0.25, 0.3) is 0 Å². The van der Waals surface area contributed by atoms with E-state index < -0.39 is 10.0 Å². The van der Waals surface area contributed by atoms with Crippen molar-refractivity contribution in [3.63, 3.8) is 0 Å². The lowest BCUT2D eigenvalue weighted by Crippen LogP contribution is -2.51. The third-order valence-electron chi connectivity index (χ3n) is 4.96. The second kappa shape index (κ2) is 6.81. The number of anilines is 1. The first-order valence-corrected chi connectivity index (χ1v) is 10.5. The summed E-state index contributed by atoms with van der Waals surface area (Å²) in [6.07, 6.45) is 1.73. The van der Waals surface area contributed by atoms with Gasteiger partial charge in [-0.3, -0.25) is 14.2 Å². The summed E-state index contributed by atoms with van der Waals surface area (Å²) >= 11 is 6.01. The molecule has 2 atom stereocenters. The van der Waals surface area contributed by atoms with Crippen LogP contribution in [0.15, 0.2) is 47.5 Å². The van der Waals surface area contributed by atoms with Crippen LogP contribution in [-0.4, -0.2) is 50.5 Å². The number of fused-ring (bicyclic) bond motifs is 1. The maximum Gasteiger partial charge on any atom is 0.264 e. The van der Waals surface area contributed by atoms with Crippen molar-refractivity contribution < 1.29 is 8.42 Å². The van der Waals surface area contributed by atoms with Crippen molar-refractivity contribution in [2.75, 3.05) is 30.5 Å². The molecule has 1 saturated heterocycles. The fraction of sp³-hybridized carbons (Fsp3) is 0.389. The molecule has 0 bridgehead atoms. The predicted octanol–water partition coefficient (Wildman–Crippen LogP) is 2.28. The molecule has 2 aromatic rings. The van der Waals surface area contributed by atoms with Crippen molar-refractivity contribution in [2.24, 2.45) is 0 Å². The molecule has 1 unspecified atom stereocenters. The number of pyridine rings is 1. The number of benzene rings is 1.